The summed E-state index contributed by atoms with van der Waals surface area (Å²) in [7, 11) is 0. The monoisotopic (exact) mass is 416 g/mol. The van der Waals surface area contributed by atoms with E-state index in [0.717, 1.165) is 16.7 Å². The van der Waals surface area contributed by atoms with Crippen LogP contribution in [0.1, 0.15) is 34.0 Å². The van der Waals surface area contributed by atoms with Gasteiger partial charge in [0.15, 0.2) is 0 Å². The lowest BCUT2D eigenvalue weighted by molar-refractivity contribution is -0.131. The smallest absolute Gasteiger partial charge is 0.308 e. The topological polar surface area (TPSA) is 84.5 Å². The van der Waals surface area contributed by atoms with Crippen LogP contribution in [0.2, 0.25) is 0 Å². The van der Waals surface area contributed by atoms with Crippen molar-refractivity contribution in [3.8, 4) is 5.75 Å². The number of anilines is 1. The molecule has 0 saturated heterocycles. The van der Waals surface area contributed by atoms with Crippen LogP contribution in [-0.2, 0) is 22.6 Å². The predicted molar refractivity (Wildman–Crippen MR) is 119 cm³/mol. The fourth-order valence-electron chi connectivity index (χ4n) is 3.12. The molecule has 0 aliphatic heterocycles. The first-order valence-corrected chi connectivity index (χ1v) is 9.90. The van der Waals surface area contributed by atoms with Crippen LogP contribution in [-0.4, -0.2) is 17.8 Å². The lowest BCUT2D eigenvalue weighted by Gasteiger charge is -2.10. The minimum absolute atomic E-state index is 0.103. The van der Waals surface area contributed by atoms with Gasteiger partial charge in [-0.2, -0.15) is 0 Å². The highest BCUT2D eigenvalue weighted by molar-refractivity contribution is 5.95. The molecule has 2 N–H and O–H groups in total. The number of carbonyl (C=O) groups is 3. The van der Waals surface area contributed by atoms with E-state index in [9.17, 15) is 14.4 Å². The van der Waals surface area contributed by atoms with Gasteiger partial charge in [-0.25, -0.2) is 0 Å². The molecule has 31 heavy (non-hydrogen) atoms. The fourth-order valence-corrected chi connectivity index (χ4v) is 3.12. The summed E-state index contributed by atoms with van der Waals surface area (Å²) < 4.78 is 5.01. The zero-order chi connectivity index (χ0) is 22.2. The minimum atomic E-state index is -0.446. The molecule has 0 aliphatic rings. The van der Waals surface area contributed by atoms with Crippen molar-refractivity contribution in [3.05, 3.63) is 95.1 Å². The fraction of sp³-hybridized carbons (Fsp3) is 0.160. The molecule has 158 valence electrons. The predicted octanol–water partition coefficient (Wildman–Crippen LogP) is 4.03. The number of benzene rings is 3. The SMILES string of the molecule is CC(=O)Oc1cccc(C(=O)NCc2cccc(NC(=O)Cc3cccc(C)c3)c2)c1. The van der Waals surface area contributed by atoms with Crippen LogP contribution in [0.4, 0.5) is 5.69 Å². The standard InChI is InChI=1S/C25H24N2O4/c1-17-6-3-7-19(12-17)14-24(29)27-22-10-4-8-20(13-22)16-26-25(30)21-9-5-11-23(15-21)31-18(2)28/h3-13,15H,14,16H2,1-2H3,(H,26,30)(H,27,29). The molecule has 3 aromatic carbocycles. The average Bonchev–Trinajstić information content (AvgIpc) is 2.72. The Balaban J connectivity index is 1.57. The summed E-state index contributed by atoms with van der Waals surface area (Å²) in [5.74, 6) is -0.519. The largest absolute Gasteiger partial charge is 0.427 e. The van der Waals surface area contributed by atoms with E-state index < -0.39 is 5.97 Å². The van der Waals surface area contributed by atoms with Crippen molar-refractivity contribution in [3.63, 3.8) is 0 Å². The van der Waals surface area contributed by atoms with Gasteiger partial charge in [-0.05, 0) is 48.4 Å². The van der Waals surface area contributed by atoms with Crippen molar-refractivity contribution < 1.29 is 19.1 Å². The number of rotatable bonds is 7. The van der Waals surface area contributed by atoms with E-state index in [1.165, 1.54) is 13.0 Å². The van der Waals surface area contributed by atoms with Crippen molar-refractivity contribution in [2.75, 3.05) is 5.32 Å². The number of esters is 1. The Bertz CT molecular complexity index is 1110. The van der Waals surface area contributed by atoms with E-state index in [1.54, 1.807) is 18.2 Å². The molecule has 0 saturated carbocycles. The third kappa shape index (κ3) is 6.82. The van der Waals surface area contributed by atoms with Gasteiger partial charge < -0.3 is 15.4 Å². The summed E-state index contributed by atoms with van der Waals surface area (Å²) in [5, 5.41) is 5.73. The molecule has 6 nitrogen and oxygen atoms in total. The molecule has 0 aliphatic carbocycles. The van der Waals surface area contributed by atoms with Crippen LogP contribution in [0.15, 0.2) is 72.8 Å². The van der Waals surface area contributed by atoms with E-state index in [-0.39, 0.29) is 18.4 Å². The van der Waals surface area contributed by atoms with Gasteiger partial charge in [0.1, 0.15) is 5.75 Å². The van der Waals surface area contributed by atoms with Gasteiger partial charge in [0.05, 0.1) is 6.42 Å². The van der Waals surface area contributed by atoms with E-state index >= 15 is 0 Å². The lowest BCUT2D eigenvalue weighted by Crippen LogP contribution is -2.23. The minimum Gasteiger partial charge on any atom is -0.427 e. The maximum Gasteiger partial charge on any atom is 0.308 e. The van der Waals surface area contributed by atoms with Crippen molar-refractivity contribution in [1.82, 2.24) is 5.32 Å². The Hall–Kier alpha value is -3.93. The third-order valence-corrected chi connectivity index (χ3v) is 4.47. The molecule has 0 radical (unpaired) electrons. The molecule has 2 amide bonds. The van der Waals surface area contributed by atoms with E-state index in [2.05, 4.69) is 10.6 Å². The molecule has 0 aromatic heterocycles. The van der Waals surface area contributed by atoms with Crippen LogP contribution in [0.3, 0.4) is 0 Å². The molecule has 0 bridgehead atoms. The van der Waals surface area contributed by atoms with Crippen molar-refractivity contribution in [2.24, 2.45) is 0 Å². The highest BCUT2D eigenvalue weighted by Crippen LogP contribution is 2.15. The Kier molecular flexibility index (Phi) is 7.17. The Labute approximate surface area is 181 Å². The average molecular weight is 416 g/mol. The molecule has 6 heteroatoms. The number of ether oxygens (including phenoxy) is 1. The van der Waals surface area contributed by atoms with Gasteiger partial charge in [-0.1, -0.05) is 48.0 Å². The zero-order valence-corrected chi connectivity index (χ0v) is 17.5. The molecule has 0 atom stereocenters. The number of hydrogen-bond acceptors (Lipinski definition) is 4. The second-order valence-corrected chi connectivity index (χ2v) is 7.22. The first-order valence-electron chi connectivity index (χ1n) is 9.90. The Morgan fingerprint density at radius 3 is 2.39 bits per heavy atom. The molecule has 0 unspecified atom stereocenters. The highest BCUT2D eigenvalue weighted by atomic mass is 16.5. The molecule has 0 spiro atoms. The first kappa shape index (κ1) is 21.8. The number of carbonyl (C=O) groups excluding carboxylic acids is 3. The quantitative estimate of drug-likeness (QED) is 0.450. The molecule has 0 heterocycles. The number of hydrogen-bond donors (Lipinski definition) is 2. The summed E-state index contributed by atoms with van der Waals surface area (Å²) >= 11 is 0. The van der Waals surface area contributed by atoms with Crippen LogP contribution in [0.5, 0.6) is 5.75 Å². The molecule has 3 rings (SSSR count). The second-order valence-electron chi connectivity index (χ2n) is 7.22. The van der Waals surface area contributed by atoms with Crippen LogP contribution >= 0.6 is 0 Å². The van der Waals surface area contributed by atoms with Gasteiger partial charge in [-0.3, -0.25) is 14.4 Å². The molecule has 3 aromatic rings. The van der Waals surface area contributed by atoms with Crippen LogP contribution in [0.25, 0.3) is 0 Å². The van der Waals surface area contributed by atoms with Crippen molar-refractivity contribution >= 4 is 23.5 Å². The van der Waals surface area contributed by atoms with Gasteiger partial charge in [-0.15, -0.1) is 0 Å². The Morgan fingerprint density at radius 1 is 0.871 bits per heavy atom. The zero-order valence-electron chi connectivity index (χ0n) is 17.5. The van der Waals surface area contributed by atoms with E-state index in [0.29, 0.717) is 23.4 Å². The van der Waals surface area contributed by atoms with E-state index in [4.69, 9.17) is 4.74 Å². The van der Waals surface area contributed by atoms with Crippen LogP contribution < -0.4 is 15.4 Å². The second kappa shape index (κ2) is 10.2. The molecular formula is C25H24N2O4. The normalized spacial score (nSPS) is 10.3. The molecule has 0 fully saturated rings. The maximum absolute atomic E-state index is 12.4. The summed E-state index contributed by atoms with van der Waals surface area (Å²) in [4.78, 5) is 35.9. The van der Waals surface area contributed by atoms with Gasteiger partial charge in [0, 0.05) is 24.7 Å². The first-order chi connectivity index (χ1) is 14.9. The molecular weight excluding hydrogens is 392 g/mol. The lowest BCUT2D eigenvalue weighted by atomic mass is 10.1. The van der Waals surface area contributed by atoms with E-state index in [1.807, 2.05) is 55.5 Å². The number of nitrogens with one attached hydrogen (secondary N) is 2. The van der Waals surface area contributed by atoms with Crippen molar-refractivity contribution in [2.45, 2.75) is 26.8 Å². The third-order valence-electron chi connectivity index (χ3n) is 4.47. The maximum atomic E-state index is 12.4. The number of aryl methyl sites for hydroxylation is 1. The highest BCUT2D eigenvalue weighted by Gasteiger charge is 2.09. The number of amides is 2. The van der Waals surface area contributed by atoms with Crippen molar-refractivity contribution in [1.29, 1.82) is 0 Å². The summed E-state index contributed by atoms with van der Waals surface area (Å²) in [6.07, 6.45) is 0.293. The summed E-state index contributed by atoms with van der Waals surface area (Å²) in [6, 6.07) is 21.6. The van der Waals surface area contributed by atoms with Gasteiger partial charge >= 0.3 is 5.97 Å². The van der Waals surface area contributed by atoms with Gasteiger partial charge in [0.2, 0.25) is 5.91 Å². The Morgan fingerprint density at radius 2 is 1.61 bits per heavy atom. The summed E-state index contributed by atoms with van der Waals surface area (Å²) in [5.41, 5.74) is 3.97. The van der Waals surface area contributed by atoms with Gasteiger partial charge in [0.25, 0.3) is 5.91 Å². The van der Waals surface area contributed by atoms with Crippen LogP contribution in [0, 0.1) is 6.92 Å². The summed E-state index contributed by atoms with van der Waals surface area (Å²) in [6.45, 7) is 3.59.